The molecular weight excluding hydrogens is 505 g/mol. The van der Waals surface area contributed by atoms with Crippen LogP contribution in [0.5, 0.6) is 0 Å². The summed E-state index contributed by atoms with van der Waals surface area (Å²) in [5.41, 5.74) is 5.16. The van der Waals surface area contributed by atoms with Crippen molar-refractivity contribution in [2.45, 2.75) is 50.1 Å². The molecule has 2 atom stereocenters. The third kappa shape index (κ3) is 4.59. The van der Waals surface area contributed by atoms with Crippen LogP contribution in [0.2, 0.25) is 0 Å². The topological polar surface area (TPSA) is 35.1 Å². The third-order valence-corrected chi connectivity index (χ3v) is 7.06. The van der Waals surface area contributed by atoms with E-state index in [1.807, 2.05) is 12.5 Å². The Labute approximate surface area is 203 Å². The van der Waals surface area contributed by atoms with E-state index >= 15 is 0 Å². The van der Waals surface area contributed by atoms with Gasteiger partial charge in [-0.25, -0.2) is 9.13 Å². The number of aryl methyl sites for hydroxylation is 1. The average molecular weight is 530 g/mol. The molecule has 5 heterocycles. The molecule has 1 aliphatic carbocycles. The zero-order valence-corrected chi connectivity index (χ0v) is 20.2. The Morgan fingerprint density at radius 3 is 2.06 bits per heavy atom. The Bertz CT molecular complexity index is 1320. The number of benzene rings is 1. The van der Waals surface area contributed by atoms with Crippen molar-refractivity contribution in [3.8, 4) is 0 Å². The van der Waals surface area contributed by atoms with Gasteiger partial charge in [0.15, 0.2) is 0 Å². The fourth-order valence-electron chi connectivity index (χ4n) is 5.80. The van der Waals surface area contributed by atoms with Gasteiger partial charge in [-0.2, -0.15) is 0 Å². The second kappa shape index (κ2) is 7.75. The summed E-state index contributed by atoms with van der Waals surface area (Å²) in [6.07, 6.45) is 15.4. The quantitative estimate of drug-likeness (QED) is 0.147. The Morgan fingerprint density at radius 1 is 0.944 bits per heavy atom. The minimum absolute atomic E-state index is 0.193. The van der Waals surface area contributed by atoms with Crippen molar-refractivity contribution in [1.82, 2.24) is 4.57 Å². The molecule has 194 valence electrons. The fraction of sp³-hybridized carbons (Fsp3) is 0.320. The van der Waals surface area contributed by atoms with Gasteiger partial charge >= 0.3 is 33.0 Å². The van der Waals surface area contributed by atoms with Crippen molar-refractivity contribution in [1.29, 1.82) is 0 Å². The van der Waals surface area contributed by atoms with E-state index < -0.39 is 7.81 Å². The van der Waals surface area contributed by atoms with Crippen LogP contribution in [0, 0.1) is 0 Å². The van der Waals surface area contributed by atoms with Gasteiger partial charge in [-0.3, -0.25) is 0 Å². The standard InChI is InChI=1S/C25H25N2O2.F6P/c1-2-3-10-26-11-12-27-22-15-25(18-8-13-28-16-18,19-9-14-29-17-19)23(24(26)27)21-7-5-4-6-20(21)22;1-7(2,3,4,5)6/h4-9,11-14,16-17,22-23H,2-3,10,15H2,1H3;/q+1;-1/t22-,23+;/m1./s1. The summed E-state index contributed by atoms with van der Waals surface area (Å²) < 4.78 is 75.4. The number of hydrogen-bond acceptors (Lipinski definition) is 2. The molecule has 3 aliphatic rings. The maximum absolute atomic E-state index is 10.7. The van der Waals surface area contributed by atoms with Crippen LogP contribution < -0.4 is 4.57 Å². The first-order chi connectivity index (χ1) is 16.8. The van der Waals surface area contributed by atoms with Gasteiger partial charge in [-0.15, -0.1) is 0 Å². The zero-order valence-electron chi connectivity index (χ0n) is 19.3. The molecule has 0 spiro atoms. The molecule has 0 amide bonds. The van der Waals surface area contributed by atoms with Crippen LogP contribution in [0.1, 0.15) is 66.2 Å². The Kier molecular flexibility index (Phi) is 5.31. The van der Waals surface area contributed by atoms with Gasteiger partial charge in [0, 0.05) is 28.5 Å². The van der Waals surface area contributed by atoms with Gasteiger partial charge in [0.05, 0.1) is 31.6 Å². The van der Waals surface area contributed by atoms with Crippen LogP contribution >= 0.6 is 7.81 Å². The van der Waals surface area contributed by atoms with Crippen molar-refractivity contribution in [2.24, 2.45) is 0 Å². The summed E-state index contributed by atoms with van der Waals surface area (Å²) in [5.74, 6) is 1.61. The molecular formula is C25H25F6N2O2P. The van der Waals surface area contributed by atoms with Crippen LogP contribution in [0.3, 0.4) is 0 Å². The molecule has 0 unspecified atom stereocenters. The Hall–Kier alpha value is -3.00. The van der Waals surface area contributed by atoms with Gasteiger partial charge in [0.2, 0.25) is 0 Å². The Morgan fingerprint density at radius 2 is 1.53 bits per heavy atom. The molecule has 4 nitrogen and oxygen atoms in total. The summed E-state index contributed by atoms with van der Waals surface area (Å²) in [6.45, 7) is 3.31. The van der Waals surface area contributed by atoms with E-state index in [2.05, 4.69) is 64.8 Å². The number of unbranched alkanes of at least 4 members (excludes halogenated alkanes) is 1. The van der Waals surface area contributed by atoms with Crippen LogP contribution in [-0.2, 0) is 12.0 Å². The summed E-state index contributed by atoms with van der Waals surface area (Å²) in [7, 11) is -10.7. The zero-order chi connectivity index (χ0) is 25.8. The van der Waals surface area contributed by atoms with Crippen molar-refractivity contribution in [2.75, 3.05) is 0 Å². The summed E-state index contributed by atoms with van der Waals surface area (Å²) >= 11 is 0. The molecule has 0 fully saturated rings. The number of imidazole rings is 1. The first-order valence-electron chi connectivity index (χ1n) is 11.6. The molecule has 0 N–H and O–H groups in total. The number of halogens is 6. The van der Waals surface area contributed by atoms with E-state index in [4.69, 9.17) is 8.83 Å². The first-order valence-corrected chi connectivity index (χ1v) is 13.6. The van der Waals surface area contributed by atoms with Gasteiger partial charge in [-0.1, -0.05) is 37.6 Å². The van der Waals surface area contributed by atoms with Gasteiger partial charge in [-0.05, 0) is 24.1 Å². The van der Waals surface area contributed by atoms with Crippen LogP contribution in [0.25, 0.3) is 0 Å². The molecule has 2 aliphatic heterocycles. The molecule has 11 heteroatoms. The Balaban J connectivity index is 0.000000338. The van der Waals surface area contributed by atoms with E-state index in [0.29, 0.717) is 6.04 Å². The van der Waals surface area contributed by atoms with Gasteiger partial charge in [0.25, 0.3) is 5.82 Å². The van der Waals surface area contributed by atoms with Crippen LogP contribution in [0.4, 0.5) is 25.2 Å². The molecule has 2 bridgehead atoms. The third-order valence-electron chi connectivity index (χ3n) is 7.06. The molecule has 36 heavy (non-hydrogen) atoms. The van der Waals surface area contributed by atoms with Crippen LogP contribution in [-0.4, -0.2) is 4.57 Å². The fourth-order valence-corrected chi connectivity index (χ4v) is 5.80. The average Bonchev–Trinajstić information content (AvgIpc) is 3.58. The van der Waals surface area contributed by atoms with Gasteiger partial charge < -0.3 is 8.83 Å². The monoisotopic (exact) mass is 530 g/mol. The second-order valence-electron chi connectivity index (χ2n) is 9.35. The van der Waals surface area contributed by atoms with Crippen LogP contribution in [0.15, 0.2) is 82.7 Å². The van der Waals surface area contributed by atoms with E-state index in [9.17, 15) is 25.2 Å². The van der Waals surface area contributed by atoms with E-state index in [-0.39, 0.29) is 11.3 Å². The number of furan rings is 2. The van der Waals surface area contributed by atoms with Crippen molar-refractivity contribution >= 4 is 7.81 Å². The SMILES string of the molecule is CCCCn1cc[n+]2c1[C@@H]1c3ccccc3[C@H]2CC1(c1ccoc1)c1ccoc1.F[P-](F)(F)(F)(F)F. The van der Waals surface area contributed by atoms with E-state index in [1.165, 1.54) is 40.9 Å². The predicted octanol–water partition coefficient (Wildman–Crippen LogP) is 8.57. The molecule has 3 aromatic heterocycles. The molecule has 4 aromatic rings. The molecule has 0 saturated heterocycles. The van der Waals surface area contributed by atoms with E-state index in [1.54, 1.807) is 12.5 Å². The number of aromatic nitrogens is 2. The minimum atomic E-state index is -10.7. The molecule has 0 radical (unpaired) electrons. The summed E-state index contributed by atoms with van der Waals surface area (Å²) in [6, 6.07) is 13.6. The second-order valence-corrected chi connectivity index (χ2v) is 11.3. The normalized spacial score (nSPS) is 21.5. The number of hydrogen-bond donors (Lipinski definition) is 0. The van der Waals surface area contributed by atoms with Crippen molar-refractivity contribution < 1.29 is 38.6 Å². The molecule has 0 saturated carbocycles. The first kappa shape index (κ1) is 24.7. The summed E-state index contributed by atoms with van der Waals surface area (Å²) in [5, 5.41) is 0. The van der Waals surface area contributed by atoms with E-state index in [0.717, 1.165) is 13.0 Å². The van der Waals surface area contributed by atoms with Crippen molar-refractivity contribution in [3.05, 3.63) is 102 Å². The summed E-state index contributed by atoms with van der Waals surface area (Å²) in [4.78, 5) is 0. The number of rotatable bonds is 5. The molecule has 7 rings (SSSR count). The maximum atomic E-state index is 9.87. The van der Waals surface area contributed by atoms with Gasteiger partial charge in [0.1, 0.15) is 24.4 Å². The number of nitrogens with zero attached hydrogens (tertiary/aromatic N) is 2. The van der Waals surface area contributed by atoms with Crippen molar-refractivity contribution in [3.63, 3.8) is 0 Å². The predicted molar refractivity (Wildman–Crippen MR) is 122 cm³/mol. The number of fused-ring (bicyclic) bond motifs is 1. The molecule has 1 aromatic carbocycles.